The number of hydrogen-bond acceptors (Lipinski definition) is 5. The molecule has 5 rings (SSSR count). The standard InChI is InChI=1S/C29H28F7NO6S/c30-20-7-9-21(10-8-20)44(42,43)26-13-14-37(24(38)16-1-3-17(4-2-16)25(39)40)23(26)12-5-18-15-19(6-11-22(18)26)27(41,28(31,32)33)29(34,35)36/h6-11,15-17,23,41H,1-5,12-14H2,(H,39,40)/t16?,17?,23-,26-/m1/s1. The van der Waals surface area contributed by atoms with Gasteiger partial charge in [0, 0.05) is 18.0 Å². The second-order valence-corrected chi connectivity index (χ2v) is 13.9. The van der Waals surface area contributed by atoms with E-state index in [-0.39, 0.29) is 67.5 Å². The topological polar surface area (TPSA) is 112 Å². The number of carboxylic acid groups (broad SMARTS) is 1. The van der Waals surface area contributed by atoms with Crippen molar-refractivity contribution in [3.8, 4) is 0 Å². The molecule has 0 unspecified atom stereocenters. The molecule has 1 amide bonds. The van der Waals surface area contributed by atoms with Crippen molar-refractivity contribution in [3.05, 3.63) is 65.0 Å². The molecule has 2 fully saturated rings. The molecule has 15 heteroatoms. The quantitative estimate of drug-likeness (QED) is 0.338. The van der Waals surface area contributed by atoms with Gasteiger partial charge in [0.1, 0.15) is 10.6 Å². The van der Waals surface area contributed by atoms with Crippen LogP contribution < -0.4 is 0 Å². The normalized spacial score (nSPS) is 26.2. The van der Waals surface area contributed by atoms with E-state index in [1.807, 2.05) is 0 Å². The summed E-state index contributed by atoms with van der Waals surface area (Å²) in [6, 6.07) is 4.50. The first kappa shape index (κ1) is 32.2. The van der Waals surface area contributed by atoms with Crippen molar-refractivity contribution >= 4 is 21.7 Å². The Morgan fingerprint density at radius 1 is 0.864 bits per heavy atom. The summed E-state index contributed by atoms with van der Waals surface area (Å²) in [4.78, 5) is 26.2. The van der Waals surface area contributed by atoms with E-state index in [1.54, 1.807) is 0 Å². The lowest BCUT2D eigenvalue weighted by atomic mass is 9.76. The Kier molecular flexibility index (Phi) is 7.84. The maximum Gasteiger partial charge on any atom is 0.430 e. The van der Waals surface area contributed by atoms with E-state index in [0.717, 1.165) is 30.3 Å². The van der Waals surface area contributed by atoms with Crippen molar-refractivity contribution in [1.82, 2.24) is 4.90 Å². The van der Waals surface area contributed by atoms with Crippen LogP contribution in [-0.2, 0) is 36.2 Å². The van der Waals surface area contributed by atoms with Crippen LogP contribution in [0.1, 0.15) is 55.2 Å². The Hall–Kier alpha value is -3.20. The third kappa shape index (κ3) is 4.77. The highest BCUT2D eigenvalue weighted by molar-refractivity contribution is 7.92. The number of alkyl halides is 6. The zero-order chi connectivity index (χ0) is 32.5. The highest BCUT2D eigenvalue weighted by Gasteiger charge is 2.72. The number of sulfone groups is 1. The molecule has 3 aliphatic rings. The number of aryl methyl sites for hydroxylation is 1. The molecule has 0 aromatic heterocycles. The molecule has 44 heavy (non-hydrogen) atoms. The Labute approximate surface area is 247 Å². The second kappa shape index (κ2) is 10.7. The predicted molar refractivity (Wildman–Crippen MR) is 139 cm³/mol. The zero-order valence-electron chi connectivity index (χ0n) is 23.0. The predicted octanol–water partition coefficient (Wildman–Crippen LogP) is 5.25. The summed E-state index contributed by atoms with van der Waals surface area (Å²) in [6.07, 6.45) is -11.9. The molecule has 7 nitrogen and oxygen atoms in total. The van der Waals surface area contributed by atoms with Gasteiger partial charge in [0.25, 0.3) is 5.60 Å². The third-order valence-corrected chi connectivity index (χ3v) is 12.0. The molecule has 2 N–H and O–H groups in total. The van der Waals surface area contributed by atoms with E-state index in [2.05, 4.69) is 0 Å². The molecule has 2 aromatic rings. The molecule has 2 aliphatic carbocycles. The molecule has 0 radical (unpaired) electrons. The molecule has 240 valence electrons. The number of aliphatic carboxylic acids is 1. The number of benzene rings is 2. The molecule has 0 spiro atoms. The first-order valence-corrected chi connectivity index (χ1v) is 15.4. The minimum atomic E-state index is -6.15. The van der Waals surface area contributed by atoms with Crippen LogP contribution in [0.25, 0.3) is 0 Å². The van der Waals surface area contributed by atoms with Gasteiger partial charge < -0.3 is 15.1 Å². The SMILES string of the molecule is O=C(O)C1CCC(C(=O)N2CC[C@@]3(S(=O)(=O)c4ccc(F)cc4)c4ccc(C(O)(C(F)(F)F)C(F)(F)F)cc4CC[C@@H]23)CC1. The third-order valence-electron chi connectivity index (χ3n) is 9.44. The second-order valence-electron chi connectivity index (χ2n) is 11.6. The number of hydrogen-bond donors (Lipinski definition) is 2. The largest absolute Gasteiger partial charge is 0.481 e. The van der Waals surface area contributed by atoms with Crippen LogP contribution in [-0.4, -0.2) is 60.3 Å². The fraction of sp³-hybridized carbons (Fsp3) is 0.517. The van der Waals surface area contributed by atoms with E-state index >= 15 is 0 Å². The number of nitrogens with zero attached hydrogens (tertiary/aromatic N) is 1. The van der Waals surface area contributed by atoms with Gasteiger partial charge in [-0.25, -0.2) is 12.8 Å². The number of carbonyl (C=O) groups excluding carboxylic acids is 1. The van der Waals surface area contributed by atoms with Gasteiger partial charge in [-0.2, -0.15) is 26.3 Å². The Balaban J connectivity index is 1.62. The van der Waals surface area contributed by atoms with E-state index in [4.69, 9.17) is 0 Å². The molecule has 1 aliphatic heterocycles. The molecule has 1 saturated heterocycles. The fourth-order valence-corrected chi connectivity index (χ4v) is 9.52. The lowest BCUT2D eigenvalue weighted by molar-refractivity contribution is -0.376. The van der Waals surface area contributed by atoms with Crippen LogP contribution >= 0.6 is 0 Å². The maximum absolute atomic E-state index is 14.4. The highest BCUT2D eigenvalue weighted by atomic mass is 32.2. The van der Waals surface area contributed by atoms with Gasteiger partial charge in [-0.1, -0.05) is 18.2 Å². The summed E-state index contributed by atoms with van der Waals surface area (Å²) in [5.41, 5.74) is -7.00. The van der Waals surface area contributed by atoms with Crippen molar-refractivity contribution < 1.29 is 59.0 Å². The van der Waals surface area contributed by atoms with Gasteiger partial charge in [-0.3, -0.25) is 9.59 Å². The number of carbonyl (C=O) groups is 2. The first-order valence-electron chi connectivity index (χ1n) is 13.9. The molecule has 0 bridgehead atoms. The summed E-state index contributed by atoms with van der Waals surface area (Å²) < 4.78 is 122. The van der Waals surface area contributed by atoms with Crippen molar-refractivity contribution in [2.75, 3.05) is 6.54 Å². The van der Waals surface area contributed by atoms with Crippen molar-refractivity contribution in [2.24, 2.45) is 11.8 Å². The monoisotopic (exact) mass is 651 g/mol. The van der Waals surface area contributed by atoms with Crippen LogP contribution in [0.15, 0.2) is 47.4 Å². The zero-order valence-corrected chi connectivity index (χ0v) is 23.8. The Bertz CT molecular complexity index is 1550. The number of rotatable bonds is 5. The van der Waals surface area contributed by atoms with Gasteiger partial charge in [0.15, 0.2) is 9.84 Å². The number of aliphatic hydroxyl groups is 1. The van der Waals surface area contributed by atoms with Gasteiger partial charge in [0.05, 0.1) is 16.9 Å². The van der Waals surface area contributed by atoms with Crippen LogP contribution in [0.2, 0.25) is 0 Å². The molecule has 1 saturated carbocycles. The smallest absolute Gasteiger partial charge is 0.430 e. The van der Waals surface area contributed by atoms with Crippen molar-refractivity contribution in [3.63, 3.8) is 0 Å². The highest BCUT2D eigenvalue weighted by Crippen LogP contribution is 2.55. The van der Waals surface area contributed by atoms with Crippen LogP contribution in [0.4, 0.5) is 30.7 Å². The summed E-state index contributed by atoms with van der Waals surface area (Å²) in [5, 5.41) is 19.3. The number of amides is 1. The number of fused-ring (bicyclic) bond motifs is 3. The summed E-state index contributed by atoms with van der Waals surface area (Å²) in [7, 11) is -4.56. The lowest BCUT2D eigenvalue weighted by Crippen LogP contribution is -2.55. The molecular weight excluding hydrogens is 623 g/mol. The molecule has 1 heterocycles. The fourth-order valence-electron chi connectivity index (χ4n) is 7.15. The van der Waals surface area contributed by atoms with Crippen LogP contribution in [0, 0.1) is 17.7 Å². The molecule has 2 atom stereocenters. The lowest BCUT2D eigenvalue weighted by Gasteiger charge is -2.44. The van der Waals surface area contributed by atoms with Gasteiger partial charge in [-0.15, -0.1) is 0 Å². The number of likely N-dealkylation sites (tertiary alicyclic amines) is 1. The Morgan fingerprint density at radius 2 is 1.43 bits per heavy atom. The van der Waals surface area contributed by atoms with Crippen molar-refractivity contribution in [1.29, 1.82) is 0 Å². The molecular formula is C29H28F7NO6S. The van der Waals surface area contributed by atoms with Gasteiger partial charge in [-0.05, 0) is 80.3 Å². The van der Waals surface area contributed by atoms with E-state index in [1.165, 1.54) is 4.90 Å². The Morgan fingerprint density at radius 3 is 1.98 bits per heavy atom. The maximum atomic E-state index is 14.4. The number of halogens is 7. The van der Waals surface area contributed by atoms with E-state index < -0.39 is 73.7 Å². The molecule has 2 aromatic carbocycles. The first-order chi connectivity index (χ1) is 20.4. The van der Waals surface area contributed by atoms with Gasteiger partial charge in [0.2, 0.25) is 5.91 Å². The minimum Gasteiger partial charge on any atom is -0.481 e. The summed E-state index contributed by atoms with van der Waals surface area (Å²) in [5.74, 6) is -3.33. The summed E-state index contributed by atoms with van der Waals surface area (Å²) >= 11 is 0. The number of carboxylic acids is 1. The van der Waals surface area contributed by atoms with Crippen LogP contribution in [0.5, 0.6) is 0 Å². The minimum absolute atomic E-state index is 0.0982. The average molecular weight is 652 g/mol. The van der Waals surface area contributed by atoms with Crippen LogP contribution in [0.3, 0.4) is 0 Å². The van der Waals surface area contributed by atoms with Crippen molar-refractivity contribution in [2.45, 2.75) is 78.6 Å². The summed E-state index contributed by atoms with van der Waals surface area (Å²) in [6.45, 7) is -0.0982. The van der Waals surface area contributed by atoms with E-state index in [0.29, 0.717) is 12.1 Å². The van der Waals surface area contributed by atoms with Gasteiger partial charge >= 0.3 is 18.3 Å². The average Bonchev–Trinajstić information content (AvgIpc) is 3.37. The van der Waals surface area contributed by atoms with E-state index in [9.17, 15) is 59.0 Å².